The van der Waals surface area contributed by atoms with Crippen molar-refractivity contribution in [2.24, 2.45) is 0 Å². The minimum atomic E-state index is -1.94. The van der Waals surface area contributed by atoms with Gasteiger partial charge in [0.05, 0.1) is 20.8 Å². The Morgan fingerprint density at radius 3 is 1.56 bits per heavy atom. The van der Waals surface area contributed by atoms with Crippen molar-refractivity contribution in [2.75, 3.05) is 0 Å². The van der Waals surface area contributed by atoms with Crippen molar-refractivity contribution in [1.29, 1.82) is 0 Å². The third-order valence-electron chi connectivity index (χ3n) is 3.87. The molecule has 0 aliphatic rings. The van der Waals surface area contributed by atoms with Crippen LogP contribution in [0.5, 0.6) is 0 Å². The van der Waals surface area contributed by atoms with E-state index in [0.717, 1.165) is 0 Å². The van der Waals surface area contributed by atoms with Gasteiger partial charge in [-0.15, -0.1) is 0 Å². The maximum atomic E-state index is 11.9. The summed E-state index contributed by atoms with van der Waals surface area (Å²) in [7, 11) is -3.88. The summed E-state index contributed by atoms with van der Waals surface area (Å²) in [5.41, 5.74) is 0. The third-order valence-corrected chi connectivity index (χ3v) is 14.4. The Bertz CT molecular complexity index is 312. The minimum absolute atomic E-state index is 0.0595. The average molecular weight is 291 g/mol. The zero-order chi connectivity index (χ0) is 14.8. The second kappa shape index (κ2) is 5.56. The molecule has 0 unspecified atom stereocenters. The molecule has 18 heavy (non-hydrogen) atoms. The molecule has 4 nitrogen and oxygen atoms in total. The number of hydrogen-bond acceptors (Lipinski definition) is 2. The highest BCUT2D eigenvalue weighted by molar-refractivity contribution is 7.02. The number of hydrogen-bond donors (Lipinski definition) is 2. The van der Waals surface area contributed by atoms with Crippen molar-refractivity contribution in [1.82, 2.24) is 0 Å². The number of aliphatic carboxylic acids is 2. The summed E-state index contributed by atoms with van der Waals surface area (Å²) in [4.78, 5) is 22.5. The molecular weight excluding hydrogens is 264 g/mol. The van der Waals surface area contributed by atoms with Crippen molar-refractivity contribution in [3.05, 3.63) is 0 Å². The van der Waals surface area contributed by atoms with E-state index in [1.54, 1.807) is 0 Å². The van der Waals surface area contributed by atoms with Gasteiger partial charge in [0.15, 0.2) is 0 Å². The van der Waals surface area contributed by atoms with Gasteiger partial charge in [0.25, 0.3) is 0 Å². The number of carbonyl (C=O) groups is 2. The molecule has 0 aliphatic carbocycles. The molecule has 0 rings (SSSR count). The van der Waals surface area contributed by atoms with Crippen LogP contribution in [0.4, 0.5) is 0 Å². The van der Waals surface area contributed by atoms with Crippen LogP contribution in [0.25, 0.3) is 0 Å². The van der Waals surface area contributed by atoms with Gasteiger partial charge >= 0.3 is 11.9 Å². The van der Waals surface area contributed by atoms with Gasteiger partial charge in [-0.05, 0) is 12.8 Å². The van der Waals surface area contributed by atoms with Crippen LogP contribution in [0.1, 0.15) is 19.3 Å². The van der Waals surface area contributed by atoms with E-state index < -0.39 is 32.7 Å². The Balaban J connectivity index is 5.39. The van der Waals surface area contributed by atoms with Crippen LogP contribution in [0, 0.1) is 0 Å². The highest BCUT2D eigenvalue weighted by atomic mass is 28.4. The average Bonchev–Trinajstić information content (AvgIpc) is 2.06. The first-order valence-corrected chi connectivity index (χ1v) is 13.3. The smallest absolute Gasteiger partial charge is 0.304 e. The molecular formula is C12H26O4Si2. The Morgan fingerprint density at radius 1 is 0.944 bits per heavy atom. The fourth-order valence-electron chi connectivity index (χ4n) is 3.13. The van der Waals surface area contributed by atoms with Crippen molar-refractivity contribution >= 4 is 28.1 Å². The summed E-state index contributed by atoms with van der Waals surface area (Å²) in [5.74, 6) is -1.56. The maximum Gasteiger partial charge on any atom is 0.304 e. The largest absolute Gasteiger partial charge is 0.481 e. The van der Waals surface area contributed by atoms with E-state index in [4.69, 9.17) is 5.11 Å². The van der Waals surface area contributed by atoms with Crippen LogP contribution < -0.4 is 0 Å². The first-order chi connectivity index (χ1) is 7.86. The van der Waals surface area contributed by atoms with Gasteiger partial charge in [-0.3, -0.25) is 9.59 Å². The van der Waals surface area contributed by atoms with Gasteiger partial charge < -0.3 is 10.2 Å². The molecule has 0 amide bonds. The Labute approximate surface area is 111 Å². The molecule has 6 heteroatoms. The summed E-state index contributed by atoms with van der Waals surface area (Å²) < 4.78 is -0.657. The normalized spacial score (nSPS) is 13.4. The number of carboxylic acids is 2. The van der Waals surface area contributed by atoms with E-state index in [1.807, 2.05) is 0 Å². The van der Waals surface area contributed by atoms with Gasteiger partial charge in [0.1, 0.15) is 0 Å². The SMILES string of the molecule is C[Si](C)(C)C(CCCC(=O)O)(C(=O)O)[Si](C)(C)C. The lowest BCUT2D eigenvalue weighted by Crippen LogP contribution is -2.58. The molecule has 0 aromatic carbocycles. The Morgan fingerprint density at radius 2 is 1.33 bits per heavy atom. The van der Waals surface area contributed by atoms with Crippen molar-refractivity contribution in [3.63, 3.8) is 0 Å². The van der Waals surface area contributed by atoms with Crippen LogP contribution >= 0.6 is 0 Å². The third kappa shape index (κ3) is 3.44. The van der Waals surface area contributed by atoms with Crippen molar-refractivity contribution in [2.45, 2.75) is 63.2 Å². The first kappa shape index (κ1) is 17.4. The van der Waals surface area contributed by atoms with Crippen LogP contribution in [0.2, 0.25) is 43.9 Å². The van der Waals surface area contributed by atoms with Crippen LogP contribution in [-0.4, -0.2) is 38.3 Å². The molecule has 0 bridgehead atoms. The van der Waals surface area contributed by atoms with E-state index in [-0.39, 0.29) is 6.42 Å². The summed E-state index contributed by atoms with van der Waals surface area (Å²) in [5, 5.41) is 18.5. The molecule has 0 fully saturated rings. The summed E-state index contributed by atoms with van der Waals surface area (Å²) in [6, 6.07) is 0. The lowest BCUT2D eigenvalue weighted by molar-refractivity contribution is -0.140. The second-order valence-electron chi connectivity index (χ2n) is 6.96. The zero-order valence-electron chi connectivity index (χ0n) is 12.3. The molecule has 0 atom stereocenters. The maximum absolute atomic E-state index is 11.9. The first-order valence-electron chi connectivity index (χ1n) is 6.31. The highest BCUT2D eigenvalue weighted by Crippen LogP contribution is 2.50. The minimum Gasteiger partial charge on any atom is -0.481 e. The Kier molecular flexibility index (Phi) is 5.37. The summed E-state index contributed by atoms with van der Waals surface area (Å²) in [6.07, 6.45) is 1.01. The monoisotopic (exact) mass is 290 g/mol. The van der Waals surface area contributed by atoms with Gasteiger partial charge in [0.2, 0.25) is 0 Å². The molecule has 0 aliphatic heterocycles. The second-order valence-corrected chi connectivity index (χ2v) is 18.2. The molecule has 0 saturated heterocycles. The quantitative estimate of drug-likeness (QED) is 0.706. The standard InChI is InChI=1S/C12H26O4Si2/c1-17(2,3)12(11(15)16,18(4,5)6)9-7-8-10(13)14/h7-9H2,1-6H3,(H,13,14)(H,15,16). The molecule has 0 spiro atoms. The van der Waals surface area contributed by atoms with E-state index in [1.165, 1.54) is 0 Å². The molecule has 0 radical (unpaired) electrons. The van der Waals surface area contributed by atoms with E-state index in [9.17, 15) is 14.7 Å². The van der Waals surface area contributed by atoms with Gasteiger partial charge in [-0.2, -0.15) is 0 Å². The van der Waals surface area contributed by atoms with Crippen molar-refractivity contribution < 1.29 is 19.8 Å². The zero-order valence-corrected chi connectivity index (χ0v) is 14.3. The predicted molar refractivity (Wildman–Crippen MR) is 78.5 cm³/mol. The molecule has 0 heterocycles. The fraction of sp³-hybridized carbons (Fsp3) is 0.833. The van der Waals surface area contributed by atoms with Gasteiger partial charge in [-0.1, -0.05) is 39.3 Å². The molecule has 0 aromatic rings. The van der Waals surface area contributed by atoms with Crippen LogP contribution in [0.15, 0.2) is 0 Å². The summed E-state index contributed by atoms with van der Waals surface area (Å²) >= 11 is 0. The topological polar surface area (TPSA) is 74.6 Å². The number of rotatable bonds is 7. The molecule has 0 saturated carbocycles. The van der Waals surface area contributed by atoms with E-state index in [0.29, 0.717) is 12.8 Å². The predicted octanol–water partition coefficient (Wildman–Crippen LogP) is 3.28. The van der Waals surface area contributed by atoms with Crippen LogP contribution in [0.3, 0.4) is 0 Å². The number of carboxylic acid groups (broad SMARTS) is 2. The van der Waals surface area contributed by atoms with Gasteiger partial charge in [0, 0.05) is 6.42 Å². The van der Waals surface area contributed by atoms with Crippen molar-refractivity contribution in [3.8, 4) is 0 Å². The Hall–Kier alpha value is -0.626. The molecule has 2 N–H and O–H groups in total. The molecule has 0 aromatic heterocycles. The van der Waals surface area contributed by atoms with Gasteiger partial charge in [-0.25, -0.2) is 0 Å². The summed E-state index contributed by atoms with van der Waals surface area (Å²) in [6.45, 7) is 12.5. The van der Waals surface area contributed by atoms with E-state index in [2.05, 4.69) is 39.3 Å². The fourth-order valence-corrected chi connectivity index (χ4v) is 15.3. The molecule has 106 valence electrons. The van der Waals surface area contributed by atoms with Crippen LogP contribution in [-0.2, 0) is 9.59 Å². The van der Waals surface area contributed by atoms with E-state index >= 15 is 0 Å². The highest BCUT2D eigenvalue weighted by Gasteiger charge is 2.57. The lowest BCUT2D eigenvalue weighted by Gasteiger charge is -2.48. The lowest BCUT2D eigenvalue weighted by atomic mass is 10.2.